The maximum Gasteiger partial charge on any atom is 0.330 e. The molecule has 0 saturated carbocycles. The first-order chi connectivity index (χ1) is 11.4. The number of ether oxygens (including phenoxy) is 1. The molecule has 0 bridgehead atoms. The number of hydrogen-bond donors (Lipinski definition) is 0. The van der Waals surface area contributed by atoms with Crippen LogP contribution in [0.3, 0.4) is 0 Å². The fourth-order valence-electron chi connectivity index (χ4n) is 2.62. The van der Waals surface area contributed by atoms with Gasteiger partial charge in [-0.15, -0.1) is 0 Å². The van der Waals surface area contributed by atoms with Crippen LogP contribution in [0.5, 0.6) is 0 Å². The largest absolute Gasteiger partial charge is 0.458 e. The first kappa shape index (κ1) is 18.1. The van der Waals surface area contributed by atoms with Gasteiger partial charge < -0.3 is 4.74 Å². The number of rotatable bonds is 6. The molecule has 0 saturated heterocycles. The van der Waals surface area contributed by atoms with Crippen LogP contribution in [0.25, 0.3) is 0 Å². The molecule has 24 heavy (non-hydrogen) atoms. The molecule has 0 aliphatic carbocycles. The lowest BCUT2D eigenvalue weighted by molar-refractivity contribution is -0.138. The van der Waals surface area contributed by atoms with Crippen molar-refractivity contribution in [3.05, 3.63) is 77.4 Å². The van der Waals surface area contributed by atoms with E-state index in [2.05, 4.69) is 6.58 Å². The Morgan fingerprint density at radius 3 is 2.25 bits per heavy atom. The van der Waals surface area contributed by atoms with Crippen molar-refractivity contribution in [3.8, 4) is 0 Å². The topological polar surface area (TPSA) is 43.4 Å². The standard InChI is InChI=1S/C20H21O3P/c1-5-18(21)23-13-16-11-14(2)19(15(3)12-16)20(22)24(4)17-9-7-6-8-10-17/h5-12H,1,13H2,2-4H3. The second-order valence-corrected chi connectivity index (χ2v) is 7.66. The van der Waals surface area contributed by atoms with Crippen LogP contribution in [0.15, 0.2) is 55.1 Å². The molecule has 4 heteroatoms. The summed E-state index contributed by atoms with van der Waals surface area (Å²) in [4.78, 5) is 24.1. The zero-order valence-corrected chi connectivity index (χ0v) is 15.1. The first-order valence-corrected chi connectivity index (χ1v) is 9.45. The molecular formula is C20H21O3P. The van der Waals surface area contributed by atoms with Crippen LogP contribution in [0.1, 0.15) is 27.0 Å². The molecule has 3 nitrogen and oxygen atoms in total. The van der Waals surface area contributed by atoms with Crippen molar-refractivity contribution in [2.24, 2.45) is 0 Å². The maximum absolute atomic E-state index is 12.9. The Morgan fingerprint density at radius 1 is 1.12 bits per heavy atom. The smallest absolute Gasteiger partial charge is 0.330 e. The molecule has 0 aliphatic heterocycles. The summed E-state index contributed by atoms with van der Waals surface area (Å²) in [5.74, 6) is -0.452. The van der Waals surface area contributed by atoms with E-state index in [0.29, 0.717) is 0 Å². The molecule has 2 aromatic rings. The summed E-state index contributed by atoms with van der Waals surface area (Å²) in [6.45, 7) is 9.40. The lowest BCUT2D eigenvalue weighted by Crippen LogP contribution is -2.11. The predicted octanol–water partition coefficient (Wildman–Crippen LogP) is 4.11. The first-order valence-electron chi connectivity index (χ1n) is 7.66. The van der Waals surface area contributed by atoms with Crippen molar-refractivity contribution in [1.82, 2.24) is 0 Å². The minimum atomic E-state index is -0.914. The minimum Gasteiger partial charge on any atom is -0.458 e. The van der Waals surface area contributed by atoms with Crippen molar-refractivity contribution in [3.63, 3.8) is 0 Å². The summed E-state index contributed by atoms with van der Waals surface area (Å²) < 4.78 is 5.07. The number of esters is 1. The molecule has 0 heterocycles. The Labute approximate surface area is 144 Å². The van der Waals surface area contributed by atoms with Gasteiger partial charge in [0.05, 0.1) is 0 Å². The van der Waals surface area contributed by atoms with Gasteiger partial charge in [-0.1, -0.05) is 49.0 Å². The summed E-state index contributed by atoms with van der Waals surface area (Å²) in [7, 11) is -0.914. The minimum absolute atomic E-state index is 0.167. The zero-order chi connectivity index (χ0) is 17.7. The van der Waals surface area contributed by atoms with Gasteiger partial charge >= 0.3 is 5.97 Å². The Bertz CT molecular complexity index is 743. The summed E-state index contributed by atoms with van der Waals surface area (Å²) in [5.41, 5.74) is 3.63. The second kappa shape index (κ2) is 8.03. The van der Waals surface area contributed by atoms with Gasteiger partial charge in [-0.3, -0.25) is 4.79 Å². The molecule has 2 rings (SSSR count). The van der Waals surface area contributed by atoms with Crippen LogP contribution in [-0.2, 0) is 16.1 Å². The van der Waals surface area contributed by atoms with Crippen LogP contribution < -0.4 is 5.30 Å². The average Bonchev–Trinajstić information content (AvgIpc) is 2.59. The number of hydrogen-bond acceptors (Lipinski definition) is 3. The van der Waals surface area contributed by atoms with Crippen LogP contribution in [0, 0.1) is 13.8 Å². The van der Waals surface area contributed by atoms with Crippen LogP contribution in [0.4, 0.5) is 0 Å². The Hall–Kier alpha value is -2.25. The number of carbonyl (C=O) groups is 2. The molecule has 0 amide bonds. The van der Waals surface area contributed by atoms with E-state index in [1.54, 1.807) is 0 Å². The summed E-state index contributed by atoms with van der Waals surface area (Å²) in [5, 5.41) is 1.07. The van der Waals surface area contributed by atoms with Gasteiger partial charge in [-0.05, 0) is 50.4 Å². The molecule has 0 fully saturated rings. The van der Waals surface area contributed by atoms with E-state index in [-0.39, 0.29) is 12.1 Å². The van der Waals surface area contributed by atoms with Gasteiger partial charge in [-0.2, -0.15) is 0 Å². The number of carbonyl (C=O) groups excluding carboxylic acids is 2. The van der Waals surface area contributed by atoms with E-state index in [0.717, 1.165) is 33.6 Å². The lowest BCUT2D eigenvalue weighted by atomic mass is 10.0. The third-order valence-corrected chi connectivity index (χ3v) is 5.71. The highest BCUT2D eigenvalue weighted by molar-refractivity contribution is 7.81. The number of benzene rings is 2. The third-order valence-electron chi connectivity index (χ3n) is 3.80. The van der Waals surface area contributed by atoms with E-state index in [1.807, 2.05) is 63.0 Å². The van der Waals surface area contributed by atoms with Crippen LogP contribution in [-0.4, -0.2) is 18.2 Å². The van der Waals surface area contributed by atoms with Crippen molar-refractivity contribution in [2.75, 3.05) is 6.66 Å². The van der Waals surface area contributed by atoms with E-state index in [4.69, 9.17) is 4.74 Å². The van der Waals surface area contributed by atoms with Gasteiger partial charge in [0.25, 0.3) is 0 Å². The molecule has 1 unspecified atom stereocenters. The third kappa shape index (κ3) is 4.18. The van der Waals surface area contributed by atoms with Gasteiger partial charge in [0.2, 0.25) is 0 Å². The van der Waals surface area contributed by atoms with Crippen LogP contribution in [0.2, 0.25) is 0 Å². The molecule has 0 aliphatic rings. The molecule has 0 spiro atoms. The summed E-state index contributed by atoms with van der Waals surface area (Å²) >= 11 is 0. The highest BCUT2D eigenvalue weighted by atomic mass is 31.1. The quantitative estimate of drug-likeness (QED) is 0.451. The Morgan fingerprint density at radius 2 is 1.71 bits per heavy atom. The second-order valence-electron chi connectivity index (χ2n) is 5.62. The van der Waals surface area contributed by atoms with Gasteiger partial charge in [-0.25, -0.2) is 4.79 Å². The number of aryl methyl sites for hydroxylation is 2. The van der Waals surface area contributed by atoms with E-state index in [9.17, 15) is 9.59 Å². The normalized spacial score (nSPS) is 11.6. The van der Waals surface area contributed by atoms with Crippen molar-refractivity contribution in [2.45, 2.75) is 20.5 Å². The summed E-state index contributed by atoms with van der Waals surface area (Å²) in [6, 6.07) is 13.7. The summed E-state index contributed by atoms with van der Waals surface area (Å²) in [6.07, 6.45) is 1.14. The Balaban J connectivity index is 2.26. The molecule has 0 N–H and O–H groups in total. The zero-order valence-electron chi connectivity index (χ0n) is 14.2. The van der Waals surface area contributed by atoms with Gasteiger partial charge in [0.1, 0.15) is 6.61 Å². The van der Waals surface area contributed by atoms with Gasteiger partial charge in [0, 0.05) is 11.6 Å². The predicted molar refractivity (Wildman–Crippen MR) is 99.2 cm³/mol. The Kier molecular flexibility index (Phi) is 6.05. The van der Waals surface area contributed by atoms with Crippen molar-refractivity contribution in [1.29, 1.82) is 0 Å². The van der Waals surface area contributed by atoms with E-state index in [1.165, 1.54) is 0 Å². The van der Waals surface area contributed by atoms with Crippen LogP contribution >= 0.6 is 7.92 Å². The van der Waals surface area contributed by atoms with E-state index >= 15 is 0 Å². The maximum atomic E-state index is 12.9. The lowest BCUT2D eigenvalue weighted by Gasteiger charge is -2.16. The molecular weight excluding hydrogens is 319 g/mol. The highest BCUT2D eigenvalue weighted by Crippen LogP contribution is 2.36. The monoisotopic (exact) mass is 340 g/mol. The van der Waals surface area contributed by atoms with Gasteiger partial charge in [0.15, 0.2) is 5.52 Å². The molecule has 1 atom stereocenters. The molecule has 0 aromatic heterocycles. The van der Waals surface area contributed by atoms with E-state index < -0.39 is 13.9 Å². The fourth-order valence-corrected chi connectivity index (χ4v) is 4.17. The van der Waals surface area contributed by atoms with Crippen molar-refractivity contribution >= 4 is 24.7 Å². The highest BCUT2D eigenvalue weighted by Gasteiger charge is 2.21. The SMILES string of the molecule is C=CC(=O)OCc1cc(C)c(C(=O)P(C)c2ccccc2)c(C)c1. The fraction of sp³-hybridized carbons (Fsp3) is 0.200. The average molecular weight is 340 g/mol. The molecule has 2 aromatic carbocycles. The van der Waals surface area contributed by atoms with Crippen molar-refractivity contribution < 1.29 is 14.3 Å². The molecule has 124 valence electrons. The molecule has 0 radical (unpaired) electrons.